The number of sulfone groups is 1. The lowest BCUT2D eigenvalue weighted by Crippen LogP contribution is -2.28. The van der Waals surface area contributed by atoms with Crippen molar-refractivity contribution in [2.24, 2.45) is 0 Å². The van der Waals surface area contributed by atoms with Crippen molar-refractivity contribution >= 4 is 27.8 Å². The number of nitrogens with one attached hydrogen (secondary N) is 1. The number of amides is 1. The minimum absolute atomic E-state index is 0.00179. The third-order valence-electron chi connectivity index (χ3n) is 5.72. The molecule has 1 amide bonds. The number of carbonyl (C=O) groups excluding carboxylic acids is 2. The Kier molecular flexibility index (Phi) is 8.23. The van der Waals surface area contributed by atoms with Crippen LogP contribution < -0.4 is 5.32 Å². The molecule has 0 aliphatic rings. The molecule has 0 aliphatic heterocycles. The van der Waals surface area contributed by atoms with Gasteiger partial charge in [0.15, 0.2) is 0 Å². The third-order valence-corrected chi connectivity index (χ3v) is 7.50. The van der Waals surface area contributed by atoms with Gasteiger partial charge in [-0.15, -0.1) is 0 Å². The number of esters is 1. The molecule has 0 radical (unpaired) electrons. The molecule has 1 N–H and O–H groups in total. The fourth-order valence-corrected chi connectivity index (χ4v) is 5.02. The second-order valence-electron chi connectivity index (χ2n) is 8.49. The molecule has 0 bridgehead atoms. The summed E-state index contributed by atoms with van der Waals surface area (Å²) in [5.74, 6) is -0.529. The van der Waals surface area contributed by atoms with E-state index < -0.39 is 26.6 Å². The Labute approximate surface area is 221 Å². The molecule has 4 rings (SSSR count). The highest BCUT2D eigenvalue weighted by atomic mass is 32.2. The molecule has 8 heteroatoms. The summed E-state index contributed by atoms with van der Waals surface area (Å²) in [6.07, 6.45) is 1.23. The van der Waals surface area contributed by atoms with Crippen LogP contribution in [0.15, 0.2) is 105 Å². The van der Waals surface area contributed by atoms with Gasteiger partial charge in [-0.1, -0.05) is 60.2 Å². The number of hydrogen-bond donors (Lipinski definition) is 1. The molecule has 4 aromatic rings. The van der Waals surface area contributed by atoms with E-state index in [4.69, 9.17) is 9.15 Å². The summed E-state index contributed by atoms with van der Waals surface area (Å²) in [4.78, 5) is 24.7. The summed E-state index contributed by atoms with van der Waals surface area (Å²) in [6.45, 7) is 4.14. The number of benzene rings is 3. The molecule has 7 nitrogen and oxygen atoms in total. The van der Waals surface area contributed by atoms with Crippen LogP contribution in [0.2, 0.25) is 0 Å². The number of carbonyl (C=O) groups is 2. The highest BCUT2D eigenvalue weighted by Crippen LogP contribution is 2.27. The number of hydrogen-bond acceptors (Lipinski definition) is 6. The van der Waals surface area contributed by atoms with E-state index in [2.05, 4.69) is 5.32 Å². The first-order valence-electron chi connectivity index (χ1n) is 12.0. The zero-order valence-corrected chi connectivity index (χ0v) is 21.8. The topological polar surface area (TPSA) is 103 Å². The summed E-state index contributed by atoms with van der Waals surface area (Å²) in [5.41, 5.74) is 3.00. The van der Waals surface area contributed by atoms with Crippen molar-refractivity contribution in [3.05, 3.63) is 118 Å². The number of rotatable bonds is 9. The average molecular weight is 530 g/mol. The standard InChI is InChI=1S/C30H27NO6S/c1-3-36-30(33)24-15-13-23(14-16-24)27-18-17-25(37-27)19-28(38(34,35)26-7-5-4-6-8-26)29(32)31-20-22-11-9-21(2)10-12-22/h4-19H,3,20H2,1-2H3,(H,31,32). The molecular weight excluding hydrogens is 502 g/mol. The van der Waals surface area contributed by atoms with Crippen LogP contribution in [-0.2, 0) is 25.9 Å². The van der Waals surface area contributed by atoms with Gasteiger partial charge in [-0.25, -0.2) is 13.2 Å². The van der Waals surface area contributed by atoms with E-state index in [0.717, 1.165) is 11.1 Å². The van der Waals surface area contributed by atoms with E-state index >= 15 is 0 Å². The Morgan fingerprint density at radius 2 is 1.58 bits per heavy atom. The first-order valence-corrected chi connectivity index (χ1v) is 13.5. The molecule has 0 unspecified atom stereocenters. The van der Waals surface area contributed by atoms with Crippen molar-refractivity contribution in [3.63, 3.8) is 0 Å². The second-order valence-corrected chi connectivity index (χ2v) is 10.4. The van der Waals surface area contributed by atoms with Gasteiger partial charge in [0.2, 0.25) is 9.84 Å². The molecule has 38 heavy (non-hydrogen) atoms. The summed E-state index contributed by atoms with van der Waals surface area (Å²) in [5, 5.41) is 2.71. The molecule has 194 valence electrons. The van der Waals surface area contributed by atoms with Gasteiger partial charge in [0, 0.05) is 18.2 Å². The lowest BCUT2D eigenvalue weighted by Gasteiger charge is -2.10. The predicted octanol–water partition coefficient (Wildman–Crippen LogP) is 5.56. The average Bonchev–Trinajstić information content (AvgIpc) is 3.41. The van der Waals surface area contributed by atoms with Gasteiger partial charge in [0.25, 0.3) is 5.91 Å². The summed E-state index contributed by atoms with van der Waals surface area (Å²) in [7, 11) is -4.15. The van der Waals surface area contributed by atoms with E-state index in [9.17, 15) is 18.0 Å². The highest BCUT2D eigenvalue weighted by Gasteiger charge is 2.27. The number of furan rings is 1. The maximum Gasteiger partial charge on any atom is 0.338 e. The Morgan fingerprint density at radius 3 is 2.24 bits per heavy atom. The van der Waals surface area contributed by atoms with E-state index in [-0.39, 0.29) is 23.8 Å². The van der Waals surface area contributed by atoms with Crippen LogP contribution in [-0.4, -0.2) is 26.9 Å². The van der Waals surface area contributed by atoms with Gasteiger partial charge in [-0.2, -0.15) is 0 Å². The molecule has 0 spiro atoms. The quantitative estimate of drug-likeness (QED) is 0.225. The summed E-state index contributed by atoms with van der Waals surface area (Å²) in [6, 6.07) is 25.3. The van der Waals surface area contributed by atoms with Crippen LogP contribution in [0.4, 0.5) is 0 Å². The zero-order chi connectivity index (χ0) is 27.1. The maximum absolute atomic E-state index is 13.5. The van der Waals surface area contributed by atoms with Gasteiger partial charge >= 0.3 is 5.97 Å². The van der Waals surface area contributed by atoms with Crippen molar-refractivity contribution in [1.82, 2.24) is 5.32 Å². The van der Waals surface area contributed by atoms with Crippen LogP contribution in [0, 0.1) is 6.92 Å². The van der Waals surface area contributed by atoms with Crippen LogP contribution in [0.1, 0.15) is 34.2 Å². The second kappa shape index (κ2) is 11.7. The van der Waals surface area contributed by atoms with E-state index in [1.807, 2.05) is 31.2 Å². The van der Waals surface area contributed by atoms with Crippen molar-refractivity contribution < 1.29 is 27.2 Å². The molecule has 0 fully saturated rings. The SMILES string of the molecule is CCOC(=O)c1ccc(-c2ccc(C=C(C(=O)NCc3ccc(C)cc3)S(=O)(=O)c3ccccc3)o2)cc1. The minimum Gasteiger partial charge on any atom is -0.462 e. The summed E-state index contributed by atoms with van der Waals surface area (Å²) >= 11 is 0. The molecule has 0 saturated carbocycles. The van der Waals surface area contributed by atoms with Gasteiger partial charge in [0.05, 0.1) is 17.1 Å². The molecule has 1 heterocycles. The Hall–Kier alpha value is -4.43. The van der Waals surface area contributed by atoms with Gasteiger partial charge in [-0.05, 0) is 55.8 Å². The van der Waals surface area contributed by atoms with E-state index in [1.165, 1.54) is 18.2 Å². The monoisotopic (exact) mass is 529 g/mol. The van der Waals surface area contributed by atoms with E-state index in [0.29, 0.717) is 16.9 Å². The van der Waals surface area contributed by atoms with Crippen molar-refractivity contribution in [3.8, 4) is 11.3 Å². The maximum atomic E-state index is 13.5. The highest BCUT2D eigenvalue weighted by molar-refractivity contribution is 7.96. The number of ether oxygens (including phenoxy) is 1. The minimum atomic E-state index is -4.15. The van der Waals surface area contributed by atoms with Crippen LogP contribution in [0.25, 0.3) is 17.4 Å². The molecule has 3 aromatic carbocycles. The predicted molar refractivity (Wildman–Crippen MR) is 145 cm³/mol. The first kappa shape index (κ1) is 26.6. The zero-order valence-electron chi connectivity index (χ0n) is 21.0. The van der Waals surface area contributed by atoms with Gasteiger partial charge < -0.3 is 14.5 Å². The largest absolute Gasteiger partial charge is 0.462 e. The molecule has 1 aromatic heterocycles. The molecular formula is C30H27NO6S. The third kappa shape index (κ3) is 6.27. The Morgan fingerprint density at radius 1 is 0.895 bits per heavy atom. The van der Waals surface area contributed by atoms with Crippen molar-refractivity contribution in [1.29, 1.82) is 0 Å². The smallest absolute Gasteiger partial charge is 0.338 e. The Bertz CT molecular complexity index is 1550. The molecule has 0 aliphatic carbocycles. The van der Waals surface area contributed by atoms with Crippen LogP contribution >= 0.6 is 0 Å². The fourth-order valence-electron chi connectivity index (χ4n) is 3.67. The molecule has 0 atom stereocenters. The fraction of sp³-hybridized carbons (Fsp3) is 0.133. The number of aryl methyl sites for hydroxylation is 1. The lowest BCUT2D eigenvalue weighted by atomic mass is 10.1. The Balaban J connectivity index is 1.63. The molecule has 0 saturated heterocycles. The lowest BCUT2D eigenvalue weighted by molar-refractivity contribution is -0.116. The summed E-state index contributed by atoms with van der Waals surface area (Å²) < 4.78 is 37.8. The van der Waals surface area contributed by atoms with Crippen LogP contribution in [0.3, 0.4) is 0 Å². The normalized spacial score (nSPS) is 11.7. The van der Waals surface area contributed by atoms with E-state index in [1.54, 1.807) is 61.5 Å². The van der Waals surface area contributed by atoms with Crippen molar-refractivity contribution in [2.45, 2.75) is 25.3 Å². The van der Waals surface area contributed by atoms with Crippen molar-refractivity contribution in [2.75, 3.05) is 6.61 Å². The van der Waals surface area contributed by atoms with Crippen LogP contribution in [0.5, 0.6) is 0 Å². The van der Waals surface area contributed by atoms with Gasteiger partial charge in [-0.3, -0.25) is 4.79 Å². The first-order chi connectivity index (χ1) is 18.3. The van der Waals surface area contributed by atoms with Gasteiger partial charge in [0.1, 0.15) is 16.4 Å².